The van der Waals surface area contributed by atoms with Gasteiger partial charge in [0, 0.05) is 12.1 Å². The van der Waals surface area contributed by atoms with Gasteiger partial charge in [-0.3, -0.25) is 14.4 Å². The third-order valence-corrected chi connectivity index (χ3v) is 12.4. The van der Waals surface area contributed by atoms with Gasteiger partial charge in [0.25, 0.3) is 0 Å². The third kappa shape index (κ3) is 7.73. The molecule has 222 valence electrons. The highest BCUT2D eigenvalue weighted by Gasteiger charge is 2.42. The van der Waals surface area contributed by atoms with Crippen molar-refractivity contribution in [3.05, 3.63) is 0 Å². The molecule has 4 aliphatic carbocycles. The van der Waals surface area contributed by atoms with Gasteiger partial charge in [-0.1, -0.05) is 38.5 Å². The van der Waals surface area contributed by atoms with Crippen LogP contribution in [0.25, 0.3) is 0 Å². The molecule has 4 N–H and O–H groups in total. The Morgan fingerprint density at radius 3 is 1.85 bits per heavy atom. The lowest BCUT2D eigenvalue weighted by atomic mass is 9.78. The van der Waals surface area contributed by atoms with Crippen LogP contribution < -0.4 is 10.8 Å². The summed E-state index contributed by atoms with van der Waals surface area (Å²) in [6.07, 6.45) is 11.2. The maximum absolute atomic E-state index is 13.7. The number of nitrogens with one attached hydrogen (secondary N) is 2. The van der Waals surface area contributed by atoms with Crippen molar-refractivity contribution in [1.29, 1.82) is 0 Å². The molecule has 10 nitrogen and oxygen atoms in total. The smallest absolute Gasteiger partial charge is 0.307 e. The Kier molecular flexibility index (Phi) is 10.7. The summed E-state index contributed by atoms with van der Waals surface area (Å²) in [7, 11) is -3.42. The van der Waals surface area contributed by atoms with E-state index in [1.165, 1.54) is 0 Å². The van der Waals surface area contributed by atoms with Gasteiger partial charge >= 0.3 is 11.9 Å². The van der Waals surface area contributed by atoms with Gasteiger partial charge in [-0.05, 0) is 70.1 Å². The molecule has 0 heterocycles. The van der Waals surface area contributed by atoms with Crippen molar-refractivity contribution in [3.8, 4) is 0 Å². The molecule has 0 radical (unpaired) electrons. The molecule has 0 aromatic heterocycles. The molecule has 4 rings (SSSR count). The second kappa shape index (κ2) is 13.8. The topological polar surface area (TPSA) is 159 Å². The summed E-state index contributed by atoms with van der Waals surface area (Å²) in [6, 6.07) is -0.343. The quantitative estimate of drug-likeness (QED) is 0.289. The van der Waals surface area contributed by atoms with Crippen LogP contribution in [0.1, 0.15) is 103 Å². The highest BCUT2D eigenvalue weighted by Crippen LogP contribution is 2.35. The normalized spacial score (nSPS) is 36.1. The van der Waals surface area contributed by atoms with E-state index < -0.39 is 44.1 Å². The van der Waals surface area contributed by atoms with Crippen LogP contribution in [0.4, 0.5) is 0 Å². The molecule has 8 atom stereocenters. The fourth-order valence-corrected chi connectivity index (χ4v) is 9.99. The number of carbonyl (C=O) groups excluding carboxylic acids is 1. The monoisotopic (exact) mass is 570 g/mol. The molecule has 0 aromatic carbocycles. The molecule has 0 aliphatic heterocycles. The molecular weight excluding hydrogens is 524 g/mol. The number of carbonyl (C=O) groups is 3. The summed E-state index contributed by atoms with van der Waals surface area (Å²) in [5.41, 5.74) is 3.06. The number of rotatable bonds is 10. The van der Waals surface area contributed by atoms with E-state index in [1.807, 2.05) is 0 Å². The molecule has 1 amide bonds. The zero-order valence-electron chi connectivity index (χ0n) is 22.9. The van der Waals surface area contributed by atoms with E-state index in [9.17, 15) is 33.0 Å². The van der Waals surface area contributed by atoms with E-state index in [4.69, 9.17) is 4.84 Å². The molecule has 11 heteroatoms. The van der Waals surface area contributed by atoms with Crippen LogP contribution in [0.5, 0.6) is 0 Å². The third-order valence-electron chi connectivity index (χ3n) is 9.72. The first-order chi connectivity index (χ1) is 18.7. The van der Waals surface area contributed by atoms with Crippen LogP contribution in [-0.2, 0) is 29.1 Å². The number of carboxylic acids is 2. The van der Waals surface area contributed by atoms with Crippen LogP contribution in [0.2, 0.25) is 0 Å². The molecule has 4 fully saturated rings. The summed E-state index contributed by atoms with van der Waals surface area (Å²) in [5.74, 6) is -3.55. The SMILES string of the molecule is O=C(O)C1CCCCC1CONC1CCCC(S(=O)(=O)C2CCCC(NC(=O)C3CCCCC3C(=O)O)C2)C1. The van der Waals surface area contributed by atoms with Gasteiger partial charge in [-0.2, -0.15) is 5.48 Å². The predicted molar refractivity (Wildman–Crippen MR) is 144 cm³/mol. The Bertz CT molecular complexity index is 973. The number of hydrogen-bond donors (Lipinski definition) is 4. The minimum atomic E-state index is -3.42. The molecule has 0 saturated heterocycles. The van der Waals surface area contributed by atoms with E-state index >= 15 is 0 Å². The lowest BCUT2D eigenvalue weighted by molar-refractivity contribution is -0.149. The van der Waals surface area contributed by atoms with Gasteiger partial charge < -0.3 is 20.4 Å². The van der Waals surface area contributed by atoms with Crippen molar-refractivity contribution in [2.75, 3.05) is 6.61 Å². The zero-order valence-corrected chi connectivity index (χ0v) is 23.7. The minimum Gasteiger partial charge on any atom is -0.481 e. The summed E-state index contributed by atoms with van der Waals surface area (Å²) >= 11 is 0. The van der Waals surface area contributed by atoms with Gasteiger partial charge in [0.1, 0.15) is 0 Å². The molecule has 0 aromatic rings. The van der Waals surface area contributed by atoms with Gasteiger partial charge in [0.15, 0.2) is 9.84 Å². The molecular formula is C28H46N2O8S. The zero-order chi connectivity index (χ0) is 28.0. The number of hydrogen-bond acceptors (Lipinski definition) is 7. The average Bonchev–Trinajstić information content (AvgIpc) is 2.93. The first-order valence-corrected chi connectivity index (χ1v) is 16.6. The summed E-state index contributed by atoms with van der Waals surface area (Å²) in [4.78, 5) is 41.9. The summed E-state index contributed by atoms with van der Waals surface area (Å²) < 4.78 is 27.4. The molecule has 4 aliphatic rings. The highest BCUT2D eigenvalue weighted by molar-refractivity contribution is 7.92. The first-order valence-electron chi connectivity index (χ1n) is 15.0. The lowest BCUT2D eigenvalue weighted by Crippen LogP contribution is -2.49. The predicted octanol–water partition coefficient (Wildman–Crippen LogP) is 3.44. The number of aliphatic carboxylic acids is 2. The molecule has 0 bridgehead atoms. The first kappa shape index (κ1) is 30.2. The Morgan fingerprint density at radius 2 is 1.21 bits per heavy atom. The molecule has 0 spiro atoms. The van der Waals surface area contributed by atoms with Gasteiger partial charge in [0.2, 0.25) is 5.91 Å². The van der Waals surface area contributed by atoms with Crippen LogP contribution in [0, 0.1) is 23.7 Å². The van der Waals surface area contributed by atoms with Gasteiger partial charge in [-0.25, -0.2) is 8.42 Å². The lowest BCUT2D eigenvalue weighted by Gasteiger charge is -2.36. The van der Waals surface area contributed by atoms with E-state index in [1.54, 1.807) is 0 Å². The number of amides is 1. The maximum atomic E-state index is 13.7. The second-order valence-electron chi connectivity index (χ2n) is 12.3. The Balaban J connectivity index is 1.28. The Hall–Kier alpha value is -1.72. The highest BCUT2D eigenvalue weighted by atomic mass is 32.2. The number of sulfone groups is 1. The number of hydroxylamine groups is 1. The molecule has 8 unspecified atom stereocenters. The summed E-state index contributed by atoms with van der Waals surface area (Å²) in [6.45, 7) is 0.318. The van der Waals surface area contributed by atoms with Crippen molar-refractivity contribution >= 4 is 27.7 Å². The van der Waals surface area contributed by atoms with Crippen molar-refractivity contribution in [1.82, 2.24) is 10.8 Å². The largest absolute Gasteiger partial charge is 0.481 e. The van der Waals surface area contributed by atoms with Crippen molar-refractivity contribution < 1.29 is 37.9 Å². The van der Waals surface area contributed by atoms with Gasteiger partial charge in [-0.15, -0.1) is 0 Å². The maximum Gasteiger partial charge on any atom is 0.307 e. The Labute approximate surface area is 231 Å². The average molecular weight is 571 g/mol. The second-order valence-corrected chi connectivity index (χ2v) is 14.8. The molecule has 39 heavy (non-hydrogen) atoms. The van der Waals surface area contributed by atoms with Crippen LogP contribution in [0.3, 0.4) is 0 Å². The van der Waals surface area contributed by atoms with Crippen LogP contribution in [-0.4, -0.2) is 65.7 Å². The van der Waals surface area contributed by atoms with Crippen molar-refractivity contribution in [2.24, 2.45) is 23.7 Å². The van der Waals surface area contributed by atoms with E-state index in [-0.39, 0.29) is 29.8 Å². The minimum absolute atomic E-state index is 0.0272. The van der Waals surface area contributed by atoms with E-state index in [0.29, 0.717) is 64.4 Å². The van der Waals surface area contributed by atoms with Crippen LogP contribution in [0.15, 0.2) is 0 Å². The summed E-state index contributed by atoms with van der Waals surface area (Å²) in [5, 5.41) is 21.1. The van der Waals surface area contributed by atoms with Gasteiger partial charge in [0.05, 0.1) is 34.9 Å². The standard InChI is InChI=1S/C28H46N2O8S/c31-26(24-13-3-4-14-25(24)28(34)35)29-19-8-5-10-21(15-19)39(36,37)22-11-6-9-20(16-22)30-38-17-18-7-1-2-12-23(18)27(32)33/h18-25,30H,1-17H2,(H,29,31)(H,32,33)(H,34,35). The fourth-order valence-electron chi connectivity index (χ4n) is 7.45. The van der Waals surface area contributed by atoms with Crippen LogP contribution >= 0.6 is 0 Å². The van der Waals surface area contributed by atoms with E-state index in [2.05, 4.69) is 10.8 Å². The van der Waals surface area contributed by atoms with Crippen molar-refractivity contribution in [2.45, 2.75) is 125 Å². The van der Waals surface area contributed by atoms with E-state index in [0.717, 1.165) is 44.9 Å². The fraction of sp³-hybridized carbons (Fsp3) is 0.893. The Morgan fingerprint density at radius 1 is 0.667 bits per heavy atom. The van der Waals surface area contributed by atoms with Crippen molar-refractivity contribution in [3.63, 3.8) is 0 Å². The number of carboxylic acid groups (broad SMARTS) is 2. The molecule has 4 saturated carbocycles.